The van der Waals surface area contributed by atoms with Gasteiger partial charge in [-0.25, -0.2) is 0 Å². The zero-order chi connectivity index (χ0) is 11.8. The molecule has 0 aromatic carbocycles. The topological polar surface area (TPSA) is 99.0 Å². The van der Waals surface area contributed by atoms with Crippen LogP contribution in [-0.2, 0) is 9.53 Å². The van der Waals surface area contributed by atoms with Crippen LogP contribution in [0.4, 0.5) is 0 Å². The normalized spacial score (nSPS) is 31.7. The van der Waals surface area contributed by atoms with Gasteiger partial charge in [0.1, 0.15) is 5.54 Å². The zero-order valence-corrected chi connectivity index (χ0v) is 8.51. The van der Waals surface area contributed by atoms with E-state index in [1.165, 1.54) is 18.2 Å². The number of ether oxygens (including phenoxy) is 1. The molecule has 0 aromatic heterocycles. The van der Waals surface area contributed by atoms with Gasteiger partial charge < -0.3 is 25.4 Å². The molecule has 1 aliphatic carbocycles. The first kappa shape index (κ1) is 11.3. The molecule has 0 amide bonds. The van der Waals surface area contributed by atoms with Gasteiger partial charge in [0.25, 0.3) is 5.79 Å². The molecule has 0 spiro atoms. The van der Waals surface area contributed by atoms with Crippen LogP contribution >= 0.6 is 0 Å². The predicted molar refractivity (Wildman–Crippen MR) is 53.2 cm³/mol. The molecule has 6 nitrogen and oxygen atoms in total. The highest BCUT2D eigenvalue weighted by Gasteiger charge is 2.50. The summed E-state index contributed by atoms with van der Waals surface area (Å²) in [5.41, 5.74) is -0.932. The van der Waals surface area contributed by atoms with E-state index < -0.39 is 17.1 Å². The van der Waals surface area contributed by atoms with Crippen molar-refractivity contribution in [3.8, 4) is 0 Å². The van der Waals surface area contributed by atoms with Gasteiger partial charge in [-0.15, -0.1) is 0 Å². The number of hydrogen-bond acceptors (Lipinski definition) is 6. The fourth-order valence-corrected chi connectivity index (χ4v) is 1.65. The molecule has 2 aliphatic rings. The Morgan fingerprint density at radius 2 is 2.12 bits per heavy atom. The lowest BCUT2D eigenvalue weighted by molar-refractivity contribution is -0.212. The average Bonchev–Trinajstić information content (AvgIpc) is 2.31. The van der Waals surface area contributed by atoms with E-state index in [0.29, 0.717) is 0 Å². The fraction of sp³-hybridized carbons (Fsp3) is 0.500. The highest BCUT2D eigenvalue weighted by molar-refractivity contribution is 5.99. The van der Waals surface area contributed by atoms with Crippen molar-refractivity contribution < 1.29 is 24.9 Å². The molecule has 0 bridgehead atoms. The van der Waals surface area contributed by atoms with E-state index in [-0.39, 0.29) is 25.5 Å². The predicted octanol–water partition coefficient (Wildman–Crippen LogP) is -1.96. The summed E-state index contributed by atoms with van der Waals surface area (Å²) in [5, 5.41) is 31.1. The largest absolute Gasteiger partial charge is 0.394 e. The molecule has 1 fully saturated rings. The number of allylic oxidation sites excluding steroid dienone is 2. The number of nitrogens with one attached hydrogen (secondary N) is 1. The zero-order valence-electron chi connectivity index (χ0n) is 8.51. The number of carbonyl (C=O) groups excluding carboxylic acids is 1. The van der Waals surface area contributed by atoms with Crippen LogP contribution in [0.25, 0.3) is 0 Å². The lowest BCUT2D eigenvalue weighted by Crippen LogP contribution is -2.66. The number of aliphatic hydroxyl groups excluding tert-OH is 2. The van der Waals surface area contributed by atoms with Crippen molar-refractivity contribution in [2.45, 2.75) is 11.3 Å². The molecule has 2 rings (SSSR count). The van der Waals surface area contributed by atoms with Gasteiger partial charge in [-0.3, -0.25) is 4.79 Å². The molecule has 1 unspecified atom stereocenters. The second-order valence-electron chi connectivity index (χ2n) is 3.96. The second-order valence-corrected chi connectivity index (χ2v) is 3.96. The summed E-state index contributed by atoms with van der Waals surface area (Å²) < 4.78 is 5.08. The van der Waals surface area contributed by atoms with E-state index >= 15 is 0 Å². The molecule has 0 saturated carbocycles. The number of hydrogen-bond donors (Lipinski definition) is 4. The minimum absolute atomic E-state index is 0.134. The van der Waals surface area contributed by atoms with E-state index in [1.54, 1.807) is 0 Å². The summed E-state index contributed by atoms with van der Waals surface area (Å²) in [7, 11) is 0. The van der Waals surface area contributed by atoms with Gasteiger partial charge in [-0.1, -0.05) is 6.08 Å². The van der Waals surface area contributed by atoms with Crippen LogP contribution in [0.1, 0.15) is 0 Å². The van der Waals surface area contributed by atoms with Crippen LogP contribution in [0.5, 0.6) is 0 Å². The Bertz CT molecular complexity index is 371. The number of morpholine rings is 1. The van der Waals surface area contributed by atoms with Crippen LogP contribution < -0.4 is 5.32 Å². The Labute approximate surface area is 91.8 Å². The quantitative estimate of drug-likeness (QED) is 0.437. The summed E-state index contributed by atoms with van der Waals surface area (Å²) in [5.74, 6) is -2.59. The van der Waals surface area contributed by atoms with Crippen LogP contribution in [0.3, 0.4) is 0 Å². The summed E-state index contributed by atoms with van der Waals surface area (Å²) >= 11 is 0. The smallest absolute Gasteiger partial charge is 0.273 e. The van der Waals surface area contributed by atoms with Crippen LogP contribution in [-0.4, -0.2) is 52.2 Å². The molecular formula is C10H13NO5. The van der Waals surface area contributed by atoms with Crippen LogP contribution in [0, 0.1) is 0 Å². The molecule has 1 heterocycles. The maximum absolute atomic E-state index is 11.5. The monoisotopic (exact) mass is 227 g/mol. The number of ketones is 1. The lowest BCUT2D eigenvalue weighted by atomic mass is 9.93. The third-order valence-electron chi connectivity index (χ3n) is 2.77. The first-order valence-electron chi connectivity index (χ1n) is 4.86. The van der Waals surface area contributed by atoms with Gasteiger partial charge in [0.05, 0.1) is 25.5 Å². The van der Waals surface area contributed by atoms with E-state index in [2.05, 4.69) is 5.32 Å². The molecule has 6 heteroatoms. The molecular weight excluding hydrogens is 214 g/mol. The molecule has 1 saturated heterocycles. The van der Waals surface area contributed by atoms with Crippen molar-refractivity contribution >= 4 is 5.78 Å². The van der Waals surface area contributed by atoms with Crippen molar-refractivity contribution in [2.24, 2.45) is 0 Å². The minimum atomic E-state index is -2.01. The van der Waals surface area contributed by atoms with E-state index in [0.717, 1.165) is 0 Å². The molecule has 1 atom stereocenters. The third kappa shape index (κ3) is 1.47. The van der Waals surface area contributed by atoms with Gasteiger partial charge in [0, 0.05) is 0 Å². The van der Waals surface area contributed by atoms with Crippen LogP contribution in [0.2, 0.25) is 0 Å². The molecule has 88 valence electrons. The van der Waals surface area contributed by atoms with Gasteiger partial charge in [-0.05, 0) is 12.2 Å². The second kappa shape index (κ2) is 3.67. The summed E-state index contributed by atoms with van der Waals surface area (Å²) in [6.45, 7) is -0.892. The number of fused-ring (bicyclic) bond motifs is 1. The van der Waals surface area contributed by atoms with Gasteiger partial charge in [0.15, 0.2) is 0 Å². The fourth-order valence-electron chi connectivity index (χ4n) is 1.65. The van der Waals surface area contributed by atoms with Crippen molar-refractivity contribution in [3.05, 3.63) is 23.9 Å². The molecule has 16 heavy (non-hydrogen) atoms. The van der Waals surface area contributed by atoms with Gasteiger partial charge >= 0.3 is 0 Å². The van der Waals surface area contributed by atoms with Crippen molar-refractivity contribution in [1.29, 1.82) is 0 Å². The van der Waals surface area contributed by atoms with Gasteiger partial charge in [-0.2, -0.15) is 0 Å². The Kier molecular flexibility index (Phi) is 2.59. The maximum atomic E-state index is 11.5. The molecule has 1 aliphatic heterocycles. The van der Waals surface area contributed by atoms with Crippen molar-refractivity contribution in [3.63, 3.8) is 0 Å². The minimum Gasteiger partial charge on any atom is -0.394 e. The van der Waals surface area contributed by atoms with E-state index in [9.17, 15) is 9.90 Å². The van der Waals surface area contributed by atoms with E-state index in [1.807, 2.05) is 0 Å². The highest BCUT2D eigenvalue weighted by Crippen LogP contribution is 2.29. The first-order valence-corrected chi connectivity index (χ1v) is 4.86. The Morgan fingerprint density at radius 3 is 2.75 bits per heavy atom. The molecule has 4 N–H and O–H groups in total. The summed E-state index contributed by atoms with van der Waals surface area (Å²) in [6.07, 6.45) is 4.14. The number of aliphatic hydroxyl groups is 3. The van der Waals surface area contributed by atoms with E-state index in [4.69, 9.17) is 14.9 Å². The first-order chi connectivity index (χ1) is 7.56. The van der Waals surface area contributed by atoms with Crippen molar-refractivity contribution in [2.75, 3.05) is 19.8 Å². The molecule has 0 radical (unpaired) electrons. The van der Waals surface area contributed by atoms with Crippen LogP contribution in [0.15, 0.2) is 23.9 Å². The number of carbonyl (C=O) groups is 1. The Balaban J connectivity index is 2.31. The lowest BCUT2D eigenvalue weighted by Gasteiger charge is -2.44. The third-order valence-corrected chi connectivity index (χ3v) is 2.77. The standard InChI is InChI=1S/C10H13NO5/c12-4-9(5-13)6-16-10(15)7(11-9)2-1-3-8(10)14/h1-3,11-13,15H,4-6H2. The van der Waals surface area contributed by atoms with Gasteiger partial charge in [0.2, 0.25) is 5.78 Å². The average molecular weight is 227 g/mol. The molecule has 0 aromatic rings. The SMILES string of the molecule is O=C1C=CC=C2NC(CO)(CO)COC12O. The Hall–Kier alpha value is -1.21. The maximum Gasteiger partial charge on any atom is 0.273 e. The number of rotatable bonds is 2. The highest BCUT2D eigenvalue weighted by atomic mass is 16.6. The Morgan fingerprint density at radius 1 is 1.44 bits per heavy atom. The van der Waals surface area contributed by atoms with Crippen molar-refractivity contribution in [1.82, 2.24) is 5.32 Å². The summed E-state index contributed by atoms with van der Waals surface area (Å²) in [4.78, 5) is 11.5. The summed E-state index contributed by atoms with van der Waals surface area (Å²) in [6, 6.07) is 0.